The van der Waals surface area contributed by atoms with Crippen LogP contribution >= 0.6 is 11.6 Å². The van der Waals surface area contributed by atoms with Gasteiger partial charge in [0.2, 0.25) is 5.88 Å². The van der Waals surface area contributed by atoms with Gasteiger partial charge in [-0.1, -0.05) is 6.07 Å². The molecule has 0 saturated carbocycles. The summed E-state index contributed by atoms with van der Waals surface area (Å²) in [5.41, 5.74) is 0. The third-order valence-corrected chi connectivity index (χ3v) is 1.36. The lowest BCUT2D eigenvalue weighted by Crippen LogP contribution is -1.89. The van der Waals surface area contributed by atoms with E-state index in [1.54, 1.807) is 25.3 Å². The van der Waals surface area contributed by atoms with Crippen molar-refractivity contribution in [3.63, 3.8) is 0 Å². The fourth-order valence-electron chi connectivity index (χ4n) is 0.566. The van der Waals surface area contributed by atoms with E-state index in [1.807, 2.05) is 12.1 Å². The fourth-order valence-corrected chi connectivity index (χ4v) is 0.645. The number of allylic oxidation sites excluding steroid dienone is 1. The van der Waals surface area contributed by atoms with Crippen LogP contribution in [0.1, 0.15) is 6.92 Å². The zero-order valence-electron chi connectivity index (χ0n) is 6.12. The zero-order valence-corrected chi connectivity index (χ0v) is 6.88. The van der Waals surface area contributed by atoms with Crippen LogP contribution in [-0.2, 0) is 0 Å². The van der Waals surface area contributed by atoms with Gasteiger partial charge in [0.05, 0.1) is 0 Å². The SMILES string of the molecule is CC=C(Cl)Oc1ccccn1. The summed E-state index contributed by atoms with van der Waals surface area (Å²) >= 11 is 5.60. The van der Waals surface area contributed by atoms with Crippen molar-refractivity contribution in [2.75, 3.05) is 0 Å². The number of pyridine rings is 1. The second kappa shape index (κ2) is 3.98. The summed E-state index contributed by atoms with van der Waals surface area (Å²) in [6, 6.07) is 5.39. The van der Waals surface area contributed by atoms with Gasteiger partial charge in [0.25, 0.3) is 0 Å². The quantitative estimate of drug-likeness (QED) is 0.635. The maximum atomic E-state index is 5.60. The maximum absolute atomic E-state index is 5.60. The Morgan fingerprint density at radius 1 is 1.64 bits per heavy atom. The molecule has 0 spiro atoms. The van der Waals surface area contributed by atoms with E-state index in [-0.39, 0.29) is 0 Å². The van der Waals surface area contributed by atoms with E-state index in [9.17, 15) is 0 Å². The third-order valence-electron chi connectivity index (χ3n) is 1.07. The normalized spacial score (nSPS) is 11.3. The molecule has 0 radical (unpaired) electrons. The molecule has 2 nitrogen and oxygen atoms in total. The predicted molar refractivity (Wildman–Crippen MR) is 44.5 cm³/mol. The van der Waals surface area contributed by atoms with E-state index in [0.29, 0.717) is 11.1 Å². The van der Waals surface area contributed by atoms with Gasteiger partial charge in [-0.2, -0.15) is 0 Å². The van der Waals surface area contributed by atoms with Gasteiger partial charge in [-0.15, -0.1) is 0 Å². The fraction of sp³-hybridized carbons (Fsp3) is 0.125. The molecule has 0 N–H and O–H groups in total. The first-order chi connectivity index (χ1) is 5.33. The molecule has 0 unspecified atom stereocenters. The summed E-state index contributed by atoms with van der Waals surface area (Å²) in [4.78, 5) is 3.92. The lowest BCUT2D eigenvalue weighted by atomic mass is 10.5. The second-order valence-electron chi connectivity index (χ2n) is 1.86. The topological polar surface area (TPSA) is 22.1 Å². The summed E-state index contributed by atoms with van der Waals surface area (Å²) < 4.78 is 5.08. The molecular weight excluding hydrogens is 162 g/mol. The molecule has 0 saturated heterocycles. The van der Waals surface area contributed by atoms with Gasteiger partial charge in [0.15, 0.2) is 5.22 Å². The number of rotatable bonds is 2. The predicted octanol–water partition coefficient (Wildman–Crippen LogP) is 2.56. The Bertz CT molecular complexity index is 246. The van der Waals surface area contributed by atoms with E-state index in [0.717, 1.165) is 0 Å². The first-order valence-corrected chi connectivity index (χ1v) is 3.61. The van der Waals surface area contributed by atoms with Crippen LogP contribution in [0.4, 0.5) is 0 Å². The third kappa shape index (κ3) is 2.60. The first kappa shape index (κ1) is 8.08. The molecule has 11 heavy (non-hydrogen) atoms. The van der Waals surface area contributed by atoms with Gasteiger partial charge >= 0.3 is 0 Å². The molecule has 0 fully saturated rings. The number of hydrogen-bond donors (Lipinski definition) is 0. The summed E-state index contributed by atoms with van der Waals surface area (Å²) in [5, 5.41) is 0.337. The van der Waals surface area contributed by atoms with E-state index < -0.39 is 0 Å². The van der Waals surface area contributed by atoms with Crippen LogP contribution < -0.4 is 4.74 Å². The Morgan fingerprint density at radius 2 is 2.45 bits per heavy atom. The number of hydrogen-bond acceptors (Lipinski definition) is 2. The average Bonchev–Trinajstić information content (AvgIpc) is 2.06. The molecule has 0 amide bonds. The standard InChI is InChI=1S/C8H8ClNO/c1-2-7(9)11-8-5-3-4-6-10-8/h2-6H,1H3. The molecular formula is C8H8ClNO. The van der Waals surface area contributed by atoms with Crippen LogP contribution in [0, 0.1) is 0 Å². The average molecular weight is 170 g/mol. The molecule has 0 aliphatic heterocycles. The summed E-state index contributed by atoms with van der Waals surface area (Å²) in [6.45, 7) is 1.80. The van der Waals surface area contributed by atoms with Gasteiger partial charge in [-0.3, -0.25) is 0 Å². The Morgan fingerprint density at radius 3 is 3.00 bits per heavy atom. The molecule has 0 aliphatic carbocycles. The van der Waals surface area contributed by atoms with Crippen LogP contribution in [0.5, 0.6) is 5.88 Å². The van der Waals surface area contributed by atoms with Gasteiger partial charge < -0.3 is 4.74 Å². The van der Waals surface area contributed by atoms with Crippen LogP contribution in [0.25, 0.3) is 0 Å². The Labute approximate surface area is 70.5 Å². The highest BCUT2D eigenvalue weighted by Crippen LogP contribution is 2.10. The lowest BCUT2D eigenvalue weighted by Gasteiger charge is -1.99. The summed E-state index contributed by atoms with van der Waals surface area (Å²) in [5.74, 6) is 0.510. The number of halogens is 1. The molecule has 0 aromatic carbocycles. The molecule has 1 heterocycles. The van der Waals surface area contributed by atoms with Crippen LogP contribution in [0.3, 0.4) is 0 Å². The van der Waals surface area contributed by atoms with Crippen LogP contribution in [0.15, 0.2) is 35.7 Å². The minimum Gasteiger partial charge on any atom is -0.427 e. The first-order valence-electron chi connectivity index (χ1n) is 3.23. The molecule has 1 aromatic rings. The monoisotopic (exact) mass is 169 g/mol. The molecule has 1 aromatic heterocycles. The number of aromatic nitrogens is 1. The minimum absolute atomic E-state index is 0.337. The van der Waals surface area contributed by atoms with Gasteiger partial charge in [-0.05, 0) is 30.7 Å². The number of nitrogens with zero attached hydrogens (tertiary/aromatic N) is 1. The second-order valence-corrected chi connectivity index (χ2v) is 2.24. The lowest BCUT2D eigenvalue weighted by molar-refractivity contribution is 0.443. The largest absolute Gasteiger partial charge is 0.427 e. The van der Waals surface area contributed by atoms with Crippen molar-refractivity contribution in [1.29, 1.82) is 0 Å². The molecule has 0 aliphatic rings. The molecule has 0 bridgehead atoms. The molecule has 1 rings (SSSR count). The van der Waals surface area contributed by atoms with Crippen molar-refractivity contribution in [2.45, 2.75) is 6.92 Å². The molecule has 58 valence electrons. The molecule has 3 heteroatoms. The van der Waals surface area contributed by atoms with Crippen molar-refractivity contribution in [2.24, 2.45) is 0 Å². The Balaban J connectivity index is 2.65. The summed E-state index contributed by atoms with van der Waals surface area (Å²) in [6.07, 6.45) is 3.31. The Hall–Kier alpha value is -1.02. The van der Waals surface area contributed by atoms with Crippen molar-refractivity contribution in [3.8, 4) is 5.88 Å². The van der Waals surface area contributed by atoms with Gasteiger partial charge in [-0.25, -0.2) is 4.98 Å². The van der Waals surface area contributed by atoms with E-state index in [2.05, 4.69) is 4.98 Å². The van der Waals surface area contributed by atoms with Crippen molar-refractivity contribution in [3.05, 3.63) is 35.7 Å². The Kier molecular flexibility index (Phi) is 2.93. The van der Waals surface area contributed by atoms with Gasteiger partial charge in [0.1, 0.15) is 0 Å². The van der Waals surface area contributed by atoms with Crippen LogP contribution in [0.2, 0.25) is 0 Å². The van der Waals surface area contributed by atoms with Crippen LogP contribution in [-0.4, -0.2) is 4.98 Å². The van der Waals surface area contributed by atoms with E-state index >= 15 is 0 Å². The maximum Gasteiger partial charge on any atom is 0.220 e. The highest BCUT2D eigenvalue weighted by atomic mass is 35.5. The smallest absolute Gasteiger partial charge is 0.220 e. The highest BCUT2D eigenvalue weighted by molar-refractivity contribution is 6.28. The summed E-state index contributed by atoms with van der Waals surface area (Å²) in [7, 11) is 0. The van der Waals surface area contributed by atoms with E-state index in [1.165, 1.54) is 0 Å². The highest BCUT2D eigenvalue weighted by Gasteiger charge is 1.93. The minimum atomic E-state index is 0.337. The number of ether oxygens (including phenoxy) is 1. The van der Waals surface area contributed by atoms with Crippen molar-refractivity contribution >= 4 is 11.6 Å². The molecule has 0 atom stereocenters. The van der Waals surface area contributed by atoms with Crippen molar-refractivity contribution in [1.82, 2.24) is 4.98 Å². The zero-order chi connectivity index (χ0) is 8.10. The van der Waals surface area contributed by atoms with Crippen molar-refractivity contribution < 1.29 is 4.74 Å². The van der Waals surface area contributed by atoms with E-state index in [4.69, 9.17) is 16.3 Å². The van der Waals surface area contributed by atoms with Gasteiger partial charge in [0, 0.05) is 12.3 Å².